The van der Waals surface area contributed by atoms with Gasteiger partial charge in [-0.1, -0.05) is 4.49 Å². The first-order chi connectivity index (χ1) is 9.44. The van der Waals surface area contributed by atoms with Crippen molar-refractivity contribution in [3.8, 4) is 0 Å². The van der Waals surface area contributed by atoms with Crippen LogP contribution in [0.2, 0.25) is 0 Å². The van der Waals surface area contributed by atoms with Crippen LogP contribution in [0.25, 0.3) is 0 Å². The summed E-state index contributed by atoms with van der Waals surface area (Å²) in [5.41, 5.74) is 0. The van der Waals surface area contributed by atoms with Crippen molar-refractivity contribution >= 4 is 17.4 Å². The maximum atomic E-state index is 12.2. The van der Waals surface area contributed by atoms with Crippen LogP contribution in [0.3, 0.4) is 0 Å². The van der Waals surface area contributed by atoms with Gasteiger partial charge >= 0.3 is 6.18 Å². The Hall–Kier alpha value is -1.22. The highest BCUT2D eigenvalue weighted by Crippen LogP contribution is 2.22. The molecular weight excluding hydrogens is 293 g/mol. The fourth-order valence-corrected chi connectivity index (χ4v) is 2.63. The van der Waals surface area contributed by atoms with E-state index < -0.39 is 12.7 Å². The van der Waals surface area contributed by atoms with Gasteiger partial charge < -0.3 is 5.32 Å². The molecule has 1 saturated heterocycles. The summed E-state index contributed by atoms with van der Waals surface area (Å²) in [7, 11) is 0. The minimum atomic E-state index is -4.14. The molecule has 0 saturated carbocycles. The lowest BCUT2D eigenvalue weighted by Gasteiger charge is -2.32. The number of likely N-dealkylation sites (tertiary alicyclic amines) is 1. The van der Waals surface area contributed by atoms with Crippen molar-refractivity contribution < 1.29 is 18.0 Å². The zero-order valence-electron chi connectivity index (χ0n) is 10.7. The molecule has 1 aromatic heterocycles. The summed E-state index contributed by atoms with van der Waals surface area (Å²) in [6.45, 7) is 0.472. The number of carbonyl (C=O) groups is 1. The highest BCUT2D eigenvalue weighted by atomic mass is 32.1. The summed E-state index contributed by atoms with van der Waals surface area (Å²) in [6.07, 6.45) is -1.42. The second-order valence-electron chi connectivity index (χ2n) is 4.83. The van der Waals surface area contributed by atoms with Crippen LogP contribution in [0.15, 0.2) is 6.20 Å². The van der Waals surface area contributed by atoms with Gasteiger partial charge in [-0.2, -0.15) is 13.2 Å². The maximum absolute atomic E-state index is 12.2. The molecule has 0 aromatic carbocycles. The number of rotatable bonds is 4. The van der Waals surface area contributed by atoms with Crippen LogP contribution in [-0.2, 0) is 0 Å². The highest BCUT2D eigenvalue weighted by Gasteiger charge is 2.32. The molecule has 0 unspecified atom stereocenters. The number of halogens is 3. The van der Waals surface area contributed by atoms with Crippen molar-refractivity contribution in [2.75, 3.05) is 26.2 Å². The van der Waals surface area contributed by atoms with Gasteiger partial charge in [0.25, 0.3) is 5.91 Å². The van der Waals surface area contributed by atoms with E-state index in [0.717, 1.165) is 11.5 Å². The Morgan fingerprint density at radius 3 is 2.70 bits per heavy atom. The summed E-state index contributed by atoms with van der Waals surface area (Å²) >= 11 is 1.02. The van der Waals surface area contributed by atoms with Crippen LogP contribution >= 0.6 is 11.5 Å². The van der Waals surface area contributed by atoms with Gasteiger partial charge in [-0.15, -0.1) is 5.10 Å². The van der Waals surface area contributed by atoms with E-state index in [1.807, 2.05) is 0 Å². The molecule has 2 rings (SSSR count). The topological polar surface area (TPSA) is 58.1 Å². The minimum Gasteiger partial charge on any atom is -0.351 e. The van der Waals surface area contributed by atoms with E-state index in [0.29, 0.717) is 37.4 Å². The summed E-state index contributed by atoms with van der Waals surface area (Å²) in [6, 6.07) is 0. The van der Waals surface area contributed by atoms with E-state index >= 15 is 0 Å². The number of alkyl halides is 3. The van der Waals surface area contributed by atoms with E-state index in [-0.39, 0.29) is 11.8 Å². The summed E-state index contributed by atoms with van der Waals surface area (Å²) in [4.78, 5) is 13.5. The number of amides is 1. The number of hydrogen-bond donors (Lipinski definition) is 1. The molecule has 20 heavy (non-hydrogen) atoms. The molecule has 1 aromatic rings. The molecule has 1 aliphatic heterocycles. The minimum absolute atomic E-state index is 0.224. The first-order valence-corrected chi connectivity index (χ1v) is 7.06. The number of hydrogen-bond acceptors (Lipinski definition) is 5. The summed E-state index contributed by atoms with van der Waals surface area (Å²) < 4.78 is 40.3. The molecule has 0 aliphatic carbocycles. The van der Waals surface area contributed by atoms with Crippen LogP contribution in [0.5, 0.6) is 0 Å². The van der Waals surface area contributed by atoms with Gasteiger partial charge in [-0.3, -0.25) is 9.69 Å². The quantitative estimate of drug-likeness (QED) is 0.917. The van der Waals surface area contributed by atoms with Crippen LogP contribution in [-0.4, -0.2) is 52.7 Å². The second kappa shape index (κ2) is 6.49. The lowest BCUT2D eigenvalue weighted by Crippen LogP contribution is -2.42. The average Bonchev–Trinajstić information content (AvgIpc) is 2.89. The van der Waals surface area contributed by atoms with Crippen LogP contribution in [0, 0.1) is 5.92 Å². The summed E-state index contributed by atoms with van der Waals surface area (Å²) in [5, 5.41) is 6.35. The molecule has 2 heterocycles. The Labute approximate surface area is 118 Å². The number of aromatic nitrogens is 2. The van der Waals surface area contributed by atoms with Crippen molar-refractivity contribution in [1.29, 1.82) is 0 Å². The molecule has 0 atom stereocenters. The first-order valence-electron chi connectivity index (χ1n) is 6.29. The van der Waals surface area contributed by atoms with E-state index in [2.05, 4.69) is 14.9 Å². The monoisotopic (exact) mass is 308 g/mol. The van der Waals surface area contributed by atoms with E-state index in [1.54, 1.807) is 0 Å². The van der Waals surface area contributed by atoms with Crippen molar-refractivity contribution in [2.24, 2.45) is 5.92 Å². The number of carbonyl (C=O) groups excluding carboxylic acids is 1. The number of nitrogens with zero attached hydrogens (tertiary/aromatic N) is 3. The molecule has 1 aliphatic rings. The average molecular weight is 308 g/mol. The van der Waals surface area contributed by atoms with Crippen LogP contribution in [0.1, 0.15) is 22.5 Å². The van der Waals surface area contributed by atoms with Gasteiger partial charge in [0.2, 0.25) is 0 Å². The molecule has 1 fully saturated rings. The SMILES string of the molecule is O=C(NCC1CCN(CC(F)(F)F)CC1)c1cnns1. The third-order valence-electron chi connectivity index (χ3n) is 3.25. The molecule has 5 nitrogen and oxygen atoms in total. The van der Waals surface area contributed by atoms with Gasteiger partial charge in [-0.05, 0) is 43.4 Å². The van der Waals surface area contributed by atoms with Crippen molar-refractivity contribution in [1.82, 2.24) is 19.8 Å². The predicted molar refractivity (Wildman–Crippen MR) is 67.5 cm³/mol. The molecule has 0 bridgehead atoms. The highest BCUT2D eigenvalue weighted by molar-refractivity contribution is 7.07. The molecular formula is C11H15F3N4OS. The van der Waals surface area contributed by atoms with E-state index in [1.165, 1.54) is 11.1 Å². The number of piperidine rings is 1. The van der Waals surface area contributed by atoms with Crippen LogP contribution in [0.4, 0.5) is 13.2 Å². The molecule has 0 radical (unpaired) electrons. The molecule has 9 heteroatoms. The summed E-state index contributed by atoms with van der Waals surface area (Å²) in [5.74, 6) is 0.00188. The fraction of sp³-hybridized carbons (Fsp3) is 0.727. The van der Waals surface area contributed by atoms with Crippen molar-refractivity contribution in [3.63, 3.8) is 0 Å². The van der Waals surface area contributed by atoms with Crippen LogP contribution < -0.4 is 5.32 Å². The van der Waals surface area contributed by atoms with E-state index in [4.69, 9.17) is 0 Å². The van der Waals surface area contributed by atoms with Gasteiger partial charge in [0.1, 0.15) is 4.88 Å². The maximum Gasteiger partial charge on any atom is 0.401 e. The smallest absolute Gasteiger partial charge is 0.351 e. The van der Waals surface area contributed by atoms with Gasteiger partial charge in [0.05, 0.1) is 12.7 Å². The fourth-order valence-electron chi connectivity index (χ4n) is 2.19. The Morgan fingerprint density at radius 1 is 1.45 bits per heavy atom. The second-order valence-corrected chi connectivity index (χ2v) is 5.61. The lowest BCUT2D eigenvalue weighted by molar-refractivity contribution is -0.148. The third-order valence-corrected chi connectivity index (χ3v) is 3.91. The third kappa shape index (κ3) is 4.71. The standard InChI is InChI=1S/C11H15F3N4OS/c12-11(13,14)7-18-3-1-8(2-4-18)5-15-10(19)9-6-16-17-20-9/h6,8H,1-5,7H2,(H,15,19). The molecule has 0 spiro atoms. The lowest BCUT2D eigenvalue weighted by atomic mass is 9.97. The van der Waals surface area contributed by atoms with E-state index in [9.17, 15) is 18.0 Å². The van der Waals surface area contributed by atoms with Crippen molar-refractivity contribution in [3.05, 3.63) is 11.1 Å². The predicted octanol–water partition coefficient (Wildman–Crippen LogP) is 1.54. The molecule has 112 valence electrons. The Morgan fingerprint density at radius 2 is 2.15 bits per heavy atom. The zero-order valence-corrected chi connectivity index (χ0v) is 11.5. The number of nitrogens with one attached hydrogen (secondary N) is 1. The Bertz CT molecular complexity index is 429. The first kappa shape index (κ1) is 15.2. The van der Waals surface area contributed by atoms with Gasteiger partial charge in [0, 0.05) is 6.54 Å². The molecule has 1 amide bonds. The Balaban J connectivity index is 1.68. The van der Waals surface area contributed by atoms with Gasteiger partial charge in [-0.25, -0.2) is 0 Å². The Kier molecular flexibility index (Phi) is 4.92. The zero-order chi connectivity index (χ0) is 14.6. The van der Waals surface area contributed by atoms with Gasteiger partial charge in [0.15, 0.2) is 0 Å². The largest absolute Gasteiger partial charge is 0.401 e. The van der Waals surface area contributed by atoms with Crippen molar-refractivity contribution in [2.45, 2.75) is 19.0 Å². The normalized spacial score (nSPS) is 18.1. The molecule has 1 N–H and O–H groups in total.